The molecule has 1 aromatic heterocycles. The third-order valence-corrected chi connectivity index (χ3v) is 4.30. The summed E-state index contributed by atoms with van der Waals surface area (Å²) in [5.41, 5.74) is 4.44. The van der Waals surface area contributed by atoms with Crippen LogP contribution in [0.15, 0.2) is 59.4 Å². The van der Waals surface area contributed by atoms with Crippen molar-refractivity contribution in [3.05, 3.63) is 76.2 Å². The first kappa shape index (κ1) is 17.9. The summed E-state index contributed by atoms with van der Waals surface area (Å²) < 4.78 is 11.2. The van der Waals surface area contributed by atoms with Gasteiger partial charge in [-0.15, -0.1) is 11.3 Å². The highest BCUT2D eigenvalue weighted by atomic mass is 32.1. The van der Waals surface area contributed by atoms with Crippen LogP contribution in [0.1, 0.15) is 21.6 Å². The second-order valence-corrected chi connectivity index (χ2v) is 6.43. The molecule has 0 aliphatic rings. The molecular formula is C20H20N2O3S. The summed E-state index contributed by atoms with van der Waals surface area (Å²) in [4.78, 5) is 16.3. The molecule has 3 rings (SSSR count). The lowest BCUT2D eigenvalue weighted by molar-refractivity contribution is 0.0947. The van der Waals surface area contributed by atoms with Gasteiger partial charge in [0.25, 0.3) is 5.91 Å². The lowest BCUT2D eigenvalue weighted by Gasteiger charge is -2.09. The van der Waals surface area contributed by atoms with Crippen molar-refractivity contribution in [3.8, 4) is 11.5 Å². The monoisotopic (exact) mass is 368 g/mol. The molecule has 5 nitrogen and oxygen atoms in total. The Kier molecular flexibility index (Phi) is 6.22. The molecule has 1 amide bonds. The zero-order valence-electron chi connectivity index (χ0n) is 14.5. The van der Waals surface area contributed by atoms with Crippen LogP contribution < -0.4 is 14.8 Å². The zero-order valence-corrected chi connectivity index (χ0v) is 15.3. The number of hydrogen-bond donors (Lipinski definition) is 1. The van der Waals surface area contributed by atoms with Gasteiger partial charge in [-0.2, -0.15) is 0 Å². The first-order valence-electron chi connectivity index (χ1n) is 8.28. The molecule has 0 aliphatic heterocycles. The number of thiazole rings is 1. The minimum atomic E-state index is -0.136. The molecule has 134 valence electrons. The Morgan fingerprint density at radius 2 is 1.73 bits per heavy atom. The molecule has 6 heteroatoms. The van der Waals surface area contributed by atoms with Gasteiger partial charge in [0, 0.05) is 10.9 Å². The number of ether oxygens (including phenoxy) is 2. The van der Waals surface area contributed by atoms with Crippen molar-refractivity contribution in [2.45, 2.75) is 13.5 Å². The number of carbonyl (C=O) groups excluding carboxylic acids is 1. The predicted molar refractivity (Wildman–Crippen MR) is 102 cm³/mol. The third kappa shape index (κ3) is 5.32. The third-order valence-electron chi connectivity index (χ3n) is 3.66. The van der Waals surface area contributed by atoms with Gasteiger partial charge in [-0.25, -0.2) is 4.98 Å². The molecule has 1 N–H and O–H groups in total. The molecular weight excluding hydrogens is 348 g/mol. The second-order valence-electron chi connectivity index (χ2n) is 5.71. The number of aromatic nitrogens is 1. The summed E-state index contributed by atoms with van der Waals surface area (Å²) in [5, 5.41) is 4.79. The van der Waals surface area contributed by atoms with Crippen LogP contribution in [0, 0.1) is 6.92 Å². The van der Waals surface area contributed by atoms with Crippen LogP contribution in [0.25, 0.3) is 0 Å². The van der Waals surface area contributed by atoms with Crippen LogP contribution in [0.5, 0.6) is 11.5 Å². The highest BCUT2D eigenvalue weighted by Gasteiger charge is 2.05. The van der Waals surface area contributed by atoms with E-state index < -0.39 is 0 Å². The van der Waals surface area contributed by atoms with E-state index in [4.69, 9.17) is 9.47 Å². The van der Waals surface area contributed by atoms with Crippen molar-refractivity contribution in [1.82, 2.24) is 10.3 Å². The molecule has 2 aromatic carbocycles. The predicted octanol–water partition coefficient (Wildman–Crippen LogP) is 3.84. The SMILES string of the molecule is Cc1ccc(OCCNC(=O)c2ccc(OCc3cscn3)cc2)cc1. The van der Waals surface area contributed by atoms with Gasteiger partial charge in [0.2, 0.25) is 0 Å². The minimum absolute atomic E-state index is 0.136. The first-order valence-corrected chi connectivity index (χ1v) is 9.22. The Bertz CT molecular complexity index is 815. The average molecular weight is 368 g/mol. The smallest absolute Gasteiger partial charge is 0.251 e. The maximum atomic E-state index is 12.1. The molecule has 0 saturated heterocycles. The van der Waals surface area contributed by atoms with E-state index in [0.717, 1.165) is 11.4 Å². The van der Waals surface area contributed by atoms with E-state index in [1.807, 2.05) is 36.6 Å². The fourth-order valence-electron chi connectivity index (χ4n) is 2.24. The van der Waals surface area contributed by atoms with E-state index >= 15 is 0 Å². The molecule has 26 heavy (non-hydrogen) atoms. The van der Waals surface area contributed by atoms with Crippen molar-refractivity contribution < 1.29 is 14.3 Å². The molecule has 0 fully saturated rings. The Morgan fingerprint density at radius 1 is 1.04 bits per heavy atom. The van der Waals surface area contributed by atoms with E-state index in [1.165, 1.54) is 16.9 Å². The molecule has 3 aromatic rings. The summed E-state index contributed by atoms with van der Waals surface area (Å²) in [6.07, 6.45) is 0. The maximum Gasteiger partial charge on any atom is 0.251 e. The fourth-order valence-corrected chi connectivity index (χ4v) is 2.78. The summed E-state index contributed by atoms with van der Waals surface area (Å²) in [6, 6.07) is 14.9. The molecule has 0 aliphatic carbocycles. The lowest BCUT2D eigenvalue weighted by Crippen LogP contribution is -2.28. The Balaban J connectivity index is 1.40. The fraction of sp³-hybridized carbons (Fsp3) is 0.200. The van der Waals surface area contributed by atoms with Crippen LogP contribution in [0.2, 0.25) is 0 Å². The zero-order chi connectivity index (χ0) is 18.2. The number of nitrogens with zero attached hydrogens (tertiary/aromatic N) is 1. The van der Waals surface area contributed by atoms with Crippen molar-refractivity contribution in [3.63, 3.8) is 0 Å². The normalized spacial score (nSPS) is 10.3. The van der Waals surface area contributed by atoms with Gasteiger partial charge in [-0.3, -0.25) is 4.79 Å². The molecule has 0 unspecified atom stereocenters. The molecule has 0 bridgehead atoms. The molecule has 0 radical (unpaired) electrons. The van der Waals surface area contributed by atoms with Gasteiger partial charge < -0.3 is 14.8 Å². The average Bonchev–Trinajstić information content (AvgIpc) is 3.19. The van der Waals surface area contributed by atoms with Crippen molar-refractivity contribution >= 4 is 17.2 Å². The maximum absolute atomic E-state index is 12.1. The Labute approximate surface area is 156 Å². The quantitative estimate of drug-likeness (QED) is 0.614. The number of carbonyl (C=O) groups is 1. The molecule has 0 spiro atoms. The van der Waals surface area contributed by atoms with Crippen molar-refractivity contribution in [1.29, 1.82) is 0 Å². The second kappa shape index (κ2) is 9.01. The highest BCUT2D eigenvalue weighted by molar-refractivity contribution is 7.07. The van der Waals surface area contributed by atoms with Gasteiger partial charge in [0.05, 0.1) is 17.7 Å². The molecule has 1 heterocycles. The number of nitrogens with one attached hydrogen (secondary N) is 1. The van der Waals surface area contributed by atoms with Crippen LogP contribution in [0.4, 0.5) is 0 Å². The van der Waals surface area contributed by atoms with Gasteiger partial charge in [0.15, 0.2) is 0 Å². The van der Waals surface area contributed by atoms with E-state index in [-0.39, 0.29) is 5.91 Å². The molecule has 0 saturated carbocycles. The molecule has 0 atom stereocenters. The Hall–Kier alpha value is -2.86. The first-order chi connectivity index (χ1) is 12.7. The Morgan fingerprint density at radius 3 is 2.42 bits per heavy atom. The van der Waals surface area contributed by atoms with Crippen molar-refractivity contribution in [2.75, 3.05) is 13.2 Å². The van der Waals surface area contributed by atoms with Crippen LogP contribution in [-0.2, 0) is 6.61 Å². The number of amides is 1. The minimum Gasteiger partial charge on any atom is -0.492 e. The van der Waals surface area contributed by atoms with Gasteiger partial charge >= 0.3 is 0 Å². The number of rotatable bonds is 8. The van der Waals surface area contributed by atoms with E-state index in [9.17, 15) is 4.79 Å². The highest BCUT2D eigenvalue weighted by Crippen LogP contribution is 2.14. The summed E-state index contributed by atoms with van der Waals surface area (Å²) in [6.45, 7) is 3.31. The van der Waals surface area contributed by atoms with Crippen LogP contribution >= 0.6 is 11.3 Å². The van der Waals surface area contributed by atoms with Gasteiger partial charge in [0.1, 0.15) is 24.7 Å². The lowest BCUT2D eigenvalue weighted by atomic mass is 10.2. The summed E-state index contributed by atoms with van der Waals surface area (Å²) >= 11 is 1.54. The largest absolute Gasteiger partial charge is 0.492 e. The summed E-state index contributed by atoms with van der Waals surface area (Å²) in [7, 11) is 0. The standard InChI is InChI=1S/C20H20N2O3S/c1-15-2-6-18(7-3-15)24-11-10-21-20(23)16-4-8-19(9-5-16)25-12-17-13-26-14-22-17/h2-9,13-14H,10-12H2,1H3,(H,21,23). The number of aryl methyl sites for hydroxylation is 1. The van der Waals surface area contributed by atoms with Crippen molar-refractivity contribution in [2.24, 2.45) is 0 Å². The topological polar surface area (TPSA) is 60.5 Å². The number of benzene rings is 2. The van der Waals surface area contributed by atoms with E-state index in [2.05, 4.69) is 10.3 Å². The number of hydrogen-bond acceptors (Lipinski definition) is 5. The van der Waals surface area contributed by atoms with E-state index in [1.54, 1.807) is 29.8 Å². The van der Waals surface area contributed by atoms with Gasteiger partial charge in [-0.1, -0.05) is 17.7 Å². The van der Waals surface area contributed by atoms with Crippen LogP contribution in [-0.4, -0.2) is 24.0 Å². The van der Waals surface area contributed by atoms with Gasteiger partial charge in [-0.05, 0) is 43.3 Å². The van der Waals surface area contributed by atoms with E-state index in [0.29, 0.717) is 31.1 Å². The summed E-state index contributed by atoms with van der Waals surface area (Å²) in [5.74, 6) is 1.37. The van der Waals surface area contributed by atoms with Crippen LogP contribution in [0.3, 0.4) is 0 Å².